The van der Waals surface area contributed by atoms with Crippen molar-refractivity contribution >= 4 is 11.8 Å². The van der Waals surface area contributed by atoms with Crippen LogP contribution in [0, 0.1) is 6.92 Å². The Bertz CT molecular complexity index is 635. The molecule has 2 aromatic rings. The fraction of sp³-hybridized carbons (Fsp3) is 0.308. The maximum absolute atomic E-state index is 11.1. The van der Waals surface area contributed by atoms with Crippen LogP contribution in [0.25, 0.3) is 0 Å². The lowest BCUT2D eigenvalue weighted by Gasteiger charge is -2.29. The summed E-state index contributed by atoms with van der Waals surface area (Å²) in [6.45, 7) is 4.11. The van der Waals surface area contributed by atoms with E-state index >= 15 is 0 Å². The zero-order valence-corrected chi connectivity index (χ0v) is 10.6. The molecule has 0 amide bonds. The molecule has 0 atom stereocenters. The van der Waals surface area contributed by atoms with Gasteiger partial charge in [0.1, 0.15) is 11.6 Å². The predicted molar refractivity (Wildman–Crippen MR) is 69.2 cm³/mol. The summed E-state index contributed by atoms with van der Waals surface area (Å²) < 4.78 is 2.10. The molecule has 2 aromatic heterocycles. The SMILES string of the molecule is Cc1cc(C(=O)O)cc(N2CCn3ccnc3C2)n1. The van der Waals surface area contributed by atoms with Gasteiger partial charge in [0, 0.05) is 31.2 Å². The van der Waals surface area contributed by atoms with Gasteiger partial charge in [0.15, 0.2) is 0 Å². The van der Waals surface area contributed by atoms with E-state index in [1.807, 2.05) is 6.20 Å². The van der Waals surface area contributed by atoms with Gasteiger partial charge < -0.3 is 14.6 Å². The summed E-state index contributed by atoms with van der Waals surface area (Å²) in [5, 5.41) is 9.09. The largest absolute Gasteiger partial charge is 0.478 e. The number of rotatable bonds is 2. The summed E-state index contributed by atoms with van der Waals surface area (Å²) in [5.74, 6) is 0.753. The van der Waals surface area contributed by atoms with Crippen LogP contribution in [0.15, 0.2) is 24.5 Å². The first-order valence-electron chi connectivity index (χ1n) is 6.10. The third-order valence-corrected chi connectivity index (χ3v) is 3.26. The molecule has 1 N–H and O–H groups in total. The minimum absolute atomic E-state index is 0.274. The summed E-state index contributed by atoms with van der Waals surface area (Å²) in [6.07, 6.45) is 3.74. The van der Waals surface area contributed by atoms with Crippen molar-refractivity contribution in [3.05, 3.63) is 41.6 Å². The van der Waals surface area contributed by atoms with Gasteiger partial charge in [-0.1, -0.05) is 0 Å². The second-order valence-electron chi connectivity index (χ2n) is 4.62. The van der Waals surface area contributed by atoms with Gasteiger partial charge >= 0.3 is 5.97 Å². The van der Waals surface area contributed by atoms with Crippen molar-refractivity contribution in [3.8, 4) is 0 Å². The molecule has 0 spiro atoms. The van der Waals surface area contributed by atoms with Crippen molar-refractivity contribution in [3.63, 3.8) is 0 Å². The summed E-state index contributed by atoms with van der Waals surface area (Å²) in [5.41, 5.74) is 0.986. The Morgan fingerprint density at radius 1 is 1.37 bits per heavy atom. The van der Waals surface area contributed by atoms with Gasteiger partial charge in [-0.25, -0.2) is 14.8 Å². The number of imidazole rings is 1. The molecule has 0 saturated carbocycles. The number of hydrogen-bond donors (Lipinski definition) is 1. The van der Waals surface area contributed by atoms with Crippen molar-refractivity contribution in [2.45, 2.75) is 20.0 Å². The fourth-order valence-electron chi connectivity index (χ4n) is 2.31. The average Bonchev–Trinajstić information content (AvgIpc) is 2.85. The van der Waals surface area contributed by atoms with Crippen molar-refractivity contribution in [2.24, 2.45) is 0 Å². The maximum atomic E-state index is 11.1. The van der Waals surface area contributed by atoms with Crippen molar-refractivity contribution < 1.29 is 9.90 Å². The van der Waals surface area contributed by atoms with E-state index in [0.717, 1.165) is 18.9 Å². The number of carbonyl (C=O) groups is 1. The lowest BCUT2D eigenvalue weighted by molar-refractivity contribution is 0.0696. The number of aromatic nitrogens is 3. The first-order chi connectivity index (χ1) is 9.13. The molecule has 1 aliphatic rings. The number of fused-ring (bicyclic) bond motifs is 1. The summed E-state index contributed by atoms with van der Waals surface area (Å²) >= 11 is 0. The number of aryl methyl sites for hydroxylation is 1. The molecule has 0 unspecified atom stereocenters. The predicted octanol–water partition coefficient (Wildman–Crippen LogP) is 1.30. The highest BCUT2D eigenvalue weighted by molar-refractivity contribution is 5.88. The Kier molecular flexibility index (Phi) is 2.70. The van der Waals surface area contributed by atoms with Gasteiger partial charge in [0.2, 0.25) is 0 Å². The van der Waals surface area contributed by atoms with Crippen LogP contribution in [-0.2, 0) is 13.1 Å². The van der Waals surface area contributed by atoms with Crippen molar-refractivity contribution in [1.82, 2.24) is 14.5 Å². The van der Waals surface area contributed by atoms with Gasteiger partial charge in [0.05, 0.1) is 12.1 Å². The Hall–Kier alpha value is -2.37. The van der Waals surface area contributed by atoms with E-state index in [-0.39, 0.29) is 5.56 Å². The average molecular weight is 258 g/mol. The van der Waals surface area contributed by atoms with E-state index in [1.165, 1.54) is 0 Å². The summed E-state index contributed by atoms with van der Waals surface area (Å²) in [6, 6.07) is 3.20. The van der Waals surface area contributed by atoms with E-state index in [4.69, 9.17) is 5.11 Å². The van der Waals surface area contributed by atoms with Crippen molar-refractivity contribution in [1.29, 1.82) is 0 Å². The highest BCUT2D eigenvalue weighted by Crippen LogP contribution is 2.20. The highest BCUT2D eigenvalue weighted by Gasteiger charge is 2.19. The third-order valence-electron chi connectivity index (χ3n) is 3.26. The number of pyridine rings is 1. The van der Waals surface area contributed by atoms with Gasteiger partial charge in [0.25, 0.3) is 0 Å². The van der Waals surface area contributed by atoms with E-state index in [9.17, 15) is 4.79 Å². The normalized spacial score (nSPS) is 14.3. The number of nitrogens with zero attached hydrogens (tertiary/aromatic N) is 4. The van der Waals surface area contributed by atoms with Crippen LogP contribution >= 0.6 is 0 Å². The zero-order valence-electron chi connectivity index (χ0n) is 10.6. The lowest BCUT2D eigenvalue weighted by Crippen LogP contribution is -2.34. The number of carboxylic acids is 1. The molecule has 3 rings (SSSR count). The maximum Gasteiger partial charge on any atom is 0.335 e. The molecule has 98 valence electrons. The Balaban J connectivity index is 1.93. The Labute approximate surface area is 110 Å². The fourth-order valence-corrected chi connectivity index (χ4v) is 2.31. The lowest BCUT2D eigenvalue weighted by atomic mass is 10.2. The molecule has 0 saturated heterocycles. The van der Waals surface area contributed by atoms with E-state index in [1.54, 1.807) is 25.3 Å². The Morgan fingerprint density at radius 2 is 2.21 bits per heavy atom. The standard InChI is InChI=1S/C13H14N4O2/c1-9-6-10(13(18)19)7-11(15-9)17-5-4-16-3-2-14-12(16)8-17/h2-3,6-7H,4-5,8H2,1H3,(H,18,19). The first-order valence-corrected chi connectivity index (χ1v) is 6.10. The topological polar surface area (TPSA) is 71.2 Å². The number of aromatic carboxylic acids is 1. The van der Waals surface area contributed by atoms with E-state index < -0.39 is 5.97 Å². The van der Waals surface area contributed by atoms with Gasteiger partial charge in [-0.05, 0) is 19.1 Å². The van der Waals surface area contributed by atoms with Crippen LogP contribution < -0.4 is 4.90 Å². The molecule has 1 aliphatic heterocycles. The molecular weight excluding hydrogens is 244 g/mol. The molecule has 0 bridgehead atoms. The second kappa shape index (κ2) is 4.38. The van der Waals surface area contributed by atoms with Gasteiger partial charge in [-0.2, -0.15) is 0 Å². The highest BCUT2D eigenvalue weighted by atomic mass is 16.4. The molecule has 0 aromatic carbocycles. The van der Waals surface area contributed by atoms with E-state index in [0.29, 0.717) is 18.1 Å². The molecule has 0 aliphatic carbocycles. The smallest absolute Gasteiger partial charge is 0.335 e. The van der Waals surface area contributed by atoms with Crippen LogP contribution in [0.4, 0.5) is 5.82 Å². The van der Waals surface area contributed by atoms with E-state index in [2.05, 4.69) is 19.4 Å². The molecule has 0 radical (unpaired) electrons. The second-order valence-corrected chi connectivity index (χ2v) is 4.62. The zero-order chi connectivity index (χ0) is 13.4. The number of carboxylic acid groups (broad SMARTS) is 1. The monoisotopic (exact) mass is 258 g/mol. The van der Waals surface area contributed by atoms with Crippen LogP contribution in [0.2, 0.25) is 0 Å². The minimum atomic E-state index is -0.926. The first kappa shape index (κ1) is 11.7. The summed E-state index contributed by atoms with van der Waals surface area (Å²) in [4.78, 5) is 21.9. The molecule has 6 heteroatoms. The quantitative estimate of drug-likeness (QED) is 0.879. The van der Waals surface area contributed by atoms with Crippen molar-refractivity contribution in [2.75, 3.05) is 11.4 Å². The number of hydrogen-bond acceptors (Lipinski definition) is 4. The van der Waals surface area contributed by atoms with Crippen LogP contribution in [0.3, 0.4) is 0 Å². The summed E-state index contributed by atoms with van der Waals surface area (Å²) in [7, 11) is 0. The molecule has 0 fully saturated rings. The van der Waals surface area contributed by atoms with Crippen LogP contribution in [0.1, 0.15) is 21.9 Å². The molecule has 19 heavy (non-hydrogen) atoms. The molecular formula is C13H14N4O2. The van der Waals surface area contributed by atoms with Gasteiger partial charge in [-0.3, -0.25) is 0 Å². The van der Waals surface area contributed by atoms with Crippen LogP contribution in [-0.4, -0.2) is 32.2 Å². The minimum Gasteiger partial charge on any atom is -0.478 e. The molecule has 6 nitrogen and oxygen atoms in total. The van der Waals surface area contributed by atoms with Crippen LogP contribution in [0.5, 0.6) is 0 Å². The van der Waals surface area contributed by atoms with Gasteiger partial charge in [-0.15, -0.1) is 0 Å². The molecule has 3 heterocycles. The number of anilines is 1. The third kappa shape index (κ3) is 2.16. The Morgan fingerprint density at radius 3 is 3.00 bits per heavy atom.